The van der Waals surface area contributed by atoms with Crippen molar-refractivity contribution in [2.24, 2.45) is 11.8 Å². The van der Waals surface area contributed by atoms with Gasteiger partial charge in [-0.2, -0.15) is 0 Å². The Labute approximate surface area is 203 Å². The maximum Gasteiger partial charge on any atom is 0.240 e. The van der Waals surface area contributed by atoms with Gasteiger partial charge in [-0.1, -0.05) is 6.07 Å². The van der Waals surface area contributed by atoms with Gasteiger partial charge in [-0.15, -0.1) is 0 Å². The Morgan fingerprint density at radius 3 is 2.50 bits per heavy atom. The maximum absolute atomic E-state index is 12.8. The lowest BCUT2D eigenvalue weighted by atomic mass is 9.75. The first kappa shape index (κ1) is 23.5. The summed E-state index contributed by atoms with van der Waals surface area (Å²) in [6.45, 7) is 7.95. The Hall–Kier alpha value is -2.20. The van der Waals surface area contributed by atoms with Crippen LogP contribution in [0.1, 0.15) is 12.8 Å². The zero-order chi connectivity index (χ0) is 23.5. The molecule has 8 nitrogen and oxygen atoms in total. The van der Waals surface area contributed by atoms with E-state index < -0.39 is 10.0 Å². The molecule has 4 aliphatic heterocycles. The van der Waals surface area contributed by atoms with Gasteiger partial charge in [0.2, 0.25) is 10.0 Å². The third-order valence-corrected chi connectivity index (χ3v) is 9.17. The van der Waals surface area contributed by atoms with Gasteiger partial charge < -0.3 is 9.64 Å². The second-order valence-electron chi connectivity index (χ2n) is 9.70. The number of fused-ring (bicyclic) bond motifs is 3. The van der Waals surface area contributed by atoms with E-state index in [4.69, 9.17) is 4.74 Å². The molecule has 4 aliphatic rings. The van der Waals surface area contributed by atoms with Gasteiger partial charge >= 0.3 is 0 Å². The smallest absolute Gasteiger partial charge is 0.240 e. The van der Waals surface area contributed by atoms with Crippen molar-refractivity contribution >= 4 is 15.8 Å². The number of sulfonamides is 1. The highest BCUT2D eigenvalue weighted by molar-refractivity contribution is 7.89. The molecule has 2 bridgehead atoms. The van der Waals surface area contributed by atoms with Crippen LogP contribution >= 0.6 is 0 Å². The molecule has 0 amide bonds. The van der Waals surface area contributed by atoms with Crippen LogP contribution in [-0.4, -0.2) is 88.7 Å². The highest BCUT2D eigenvalue weighted by Crippen LogP contribution is 2.36. The van der Waals surface area contributed by atoms with E-state index in [-0.39, 0.29) is 10.9 Å². The van der Waals surface area contributed by atoms with E-state index in [1.54, 1.807) is 31.4 Å². The topological polar surface area (TPSA) is 78.0 Å². The van der Waals surface area contributed by atoms with E-state index >= 15 is 0 Å². The fourth-order valence-electron chi connectivity index (χ4n) is 5.74. The molecule has 6 rings (SSSR count). The van der Waals surface area contributed by atoms with Gasteiger partial charge in [0.1, 0.15) is 11.6 Å². The first-order valence-electron chi connectivity index (χ1n) is 12.3. The lowest BCUT2D eigenvalue weighted by molar-refractivity contribution is -0.0108. The third-order valence-electron chi connectivity index (χ3n) is 7.73. The Bertz CT molecular complexity index is 1040. The number of pyridine rings is 1. The summed E-state index contributed by atoms with van der Waals surface area (Å²) in [4.78, 5) is 12.3. The summed E-state index contributed by atoms with van der Waals surface area (Å²) >= 11 is 0. The van der Waals surface area contributed by atoms with Crippen molar-refractivity contribution < 1.29 is 13.2 Å². The Kier molecular flexibility index (Phi) is 7.06. The average molecular weight is 486 g/mol. The van der Waals surface area contributed by atoms with Gasteiger partial charge in [-0.3, -0.25) is 9.80 Å². The molecule has 184 valence electrons. The van der Waals surface area contributed by atoms with Gasteiger partial charge in [0.25, 0.3) is 0 Å². The first-order chi connectivity index (χ1) is 16.5. The minimum atomic E-state index is -3.52. The number of rotatable bonds is 8. The number of piperidine rings is 3. The summed E-state index contributed by atoms with van der Waals surface area (Å²) in [5.41, 5.74) is 0. The molecule has 2 aromatic rings. The number of methoxy groups -OCH3 is 1. The van der Waals surface area contributed by atoms with Crippen LogP contribution in [0.4, 0.5) is 5.82 Å². The molecule has 34 heavy (non-hydrogen) atoms. The first-order valence-corrected chi connectivity index (χ1v) is 13.8. The van der Waals surface area contributed by atoms with Gasteiger partial charge in [0.05, 0.1) is 12.0 Å². The molecule has 4 unspecified atom stereocenters. The molecule has 1 aromatic carbocycles. The molecule has 5 heterocycles. The summed E-state index contributed by atoms with van der Waals surface area (Å²) < 4.78 is 33.5. The van der Waals surface area contributed by atoms with Crippen LogP contribution in [0.5, 0.6) is 5.75 Å². The van der Waals surface area contributed by atoms with Crippen LogP contribution in [0, 0.1) is 11.8 Å². The molecular weight excluding hydrogens is 450 g/mol. The Balaban J connectivity index is 1.11. The molecule has 1 N–H and O–H groups in total. The largest absolute Gasteiger partial charge is 0.497 e. The van der Waals surface area contributed by atoms with Crippen LogP contribution in [0.25, 0.3) is 0 Å². The predicted molar refractivity (Wildman–Crippen MR) is 133 cm³/mol. The fourth-order valence-corrected chi connectivity index (χ4v) is 6.82. The summed E-state index contributed by atoms with van der Waals surface area (Å²) in [6, 6.07) is 12.9. The van der Waals surface area contributed by atoms with E-state index in [9.17, 15) is 8.42 Å². The molecule has 9 heteroatoms. The number of nitrogens with zero attached hydrogens (tertiary/aromatic N) is 4. The normalized spacial score (nSPS) is 27.6. The van der Waals surface area contributed by atoms with Crippen LogP contribution in [0.3, 0.4) is 0 Å². The van der Waals surface area contributed by atoms with E-state index in [1.165, 1.54) is 6.42 Å². The zero-order valence-electron chi connectivity index (χ0n) is 19.8. The van der Waals surface area contributed by atoms with Crippen molar-refractivity contribution in [2.75, 3.05) is 64.4 Å². The van der Waals surface area contributed by atoms with E-state index in [2.05, 4.69) is 36.5 Å². The minimum absolute atomic E-state index is 0.282. The van der Waals surface area contributed by atoms with Gasteiger partial charge in [0.15, 0.2) is 0 Å². The molecule has 4 saturated heterocycles. The summed E-state index contributed by atoms with van der Waals surface area (Å²) in [7, 11) is -1.94. The molecule has 4 atom stereocenters. The second-order valence-corrected chi connectivity index (χ2v) is 11.5. The minimum Gasteiger partial charge on any atom is -0.497 e. The molecular formula is C25H35N5O3S. The monoisotopic (exact) mass is 485 g/mol. The average Bonchev–Trinajstić information content (AvgIpc) is 2.89. The van der Waals surface area contributed by atoms with E-state index in [0.717, 1.165) is 58.1 Å². The number of nitrogens with one attached hydrogen (secondary N) is 1. The van der Waals surface area contributed by atoms with Gasteiger partial charge in [-0.25, -0.2) is 18.1 Å². The zero-order valence-corrected chi connectivity index (χ0v) is 20.7. The summed E-state index contributed by atoms with van der Waals surface area (Å²) in [5.74, 6) is 3.07. The van der Waals surface area contributed by atoms with Crippen molar-refractivity contribution in [3.63, 3.8) is 0 Å². The van der Waals surface area contributed by atoms with Crippen LogP contribution in [0.15, 0.2) is 53.6 Å². The number of hydrogen-bond acceptors (Lipinski definition) is 7. The van der Waals surface area contributed by atoms with Crippen molar-refractivity contribution in [3.8, 4) is 5.75 Å². The van der Waals surface area contributed by atoms with Crippen LogP contribution < -0.4 is 14.4 Å². The SMILES string of the molecule is COc1ccc(S(=O)(=O)NCC2CC3CCN2CC3CN2CCN(c3ccccn3)CC2)cc1. The fraction of sp³-hybridized carbons (Fsp3) is 0.560. The molecule has 4 fully saturated rings. The number of ether oxygens (including phenoxy) is 1. The molecule has 0 spiro atoms. The van der Waals surface area contributed by atoms with Crippen molar-refractivity contribution in [1.82, 2.24) is 19.5 Å². The standard InChI is InChI=1S/C25H35N5O3S/c1-33-23-5-7-24(8-6-23)34(31,32)27-17-22-16-20-9-11-30(22)19-21(20)18-28-12-14-29(15-13-28)25-4-2-3-10-26-25/h2-8,10,20-22,27H,9,11-19H2,1H3. The molecule has 0 saturated carbocycles. The Morgan fingerprint density at radius 1 is 1.06 bits per heavy atom. The number of benzene rings is 1. The summed E-state index contributed by atoms with van der Waals surface area (Å²) in [5, 5.41) is 0. The van der Waals surface area contributed by atoms with Crippen LogP contribution in [-0.2, 0) is 10.0 Å². The van der Waals surface area contributed by atoms with Gasteiger partial charge in [0, 0.05) is 58.1 Å². The lowest BCUT2D eigenvalue weighted by Gasteiger charge is -2.51. The van der Waals surface area contributed by atoms with E-state index in [0.29, 0.717) is 24.1 Å². The second kappa shape index (κ2) is 10.2. The maximum atomic E-state index is 12.8. The highest BCUT2D eigenvalue weighted by Gasteiger charge is 2.41. The highest BCUT2D eigenvalue weighted by atomic mass is 32.2. The summed E-state index contributed by atoms with van der Waals surface area (Å²) in [6.07, 6.45) is 4.16. The predicted octanol–water partition coefficient (Wildman–Crippen LogP) is 1.90. The molecule has 1 aromatic heterocycles. The van der Waals surface area contributed by atoms with Gasteiger partial charge in [-0.05, 0) is 67.6 Å². The van der Waals surface area contributed by atoms with E-state index in [1.807, 2.05) is 12.3 Å². The number of aromatic nitrogens is 1. The third kappa shape index (κ3) is 5.22. The number of anilines is 1. The van der Waals surface area contributed by atoms with Crippen molar-refractivity contribution in [2.45, 2.75) is 23.8 Å². The van der Waals surface area contributed by atoms with Crippen LogP contribution in [0.2, 0.25) is 0 Å². The quantitative estimate of drug-likeness (QED) is 0.612. The Morgan fingerprint density at radius 2 is 1.85 bits per heavy atom. The number of piperazine rings is 1. The molecule has 0 radical (unpaired) electrons. The number of hydrogen-bond donors (Lipinski definition) is 1. The van der Waals surface area contributed by atoms with Crippen molar-refractivity contribution in [1.29, 1.82) is 0 Å². The lowest BCUT2D eigenvalue weighted by Crippen LogP contribution is -2.59. The van der Waals surface area contributed by atoms with Crippen molar-refractivity contribution in [3.05, 3.63) is 48.7 Å². The molecule has 0 aliphatic carbocycles.